The van der Waals surface area contributed by atoms with Crippen LogP contribution in [0.5, 0.6) is 5.75 Å². The lowest BCUT2D eigenvalue weighted by molar-refractivity contribution is -0.131. The Labute approximate surface area is 132 Å². The van der Waals surface area contributed by atoms with Crippen LogP contribution in [0.4, 0.5) is 5.13 Å². The predicted octanol–water partition coefficient (Wildman–Crippen LogP) is 2.91. The van der Waals surface area contributed by atoms with Gasteiger partial charge in [0.15, 0.2) is 0 Å². The standard InChI is InChI=1S/C15H17N3O3S/c1-9(2)8-13-17-18-15(22-13)16-14(20)11-6-4-5-7-12(11)21-10(3)19/h4-7,9H,8H2,1-3H3,(H,16,18,20). The normalized spacial score (nSPS) is 10.5. The molecular formula is C15H17N3O3S. The van der Waals surface area contributed by atoms with Crippen molar-refractivity contribution in [3.63, 3.8) is 0 Å². The fourth-order valence-electron chi connectivity index (χ4n) is 1.80. The topological polar surface area (TPSA) is 81.2 Å². The van der Waals surface area contributed by atoms with Gasteiger partial charge in [0, 0.05) is 13.3 Å². The Morgan fingerprint density at radius 1 is 1.27 bits per heavy atom. The fourth-order valence-corrected chi connectivity index (χ4v) is 2.75. The van der Waals surface area contributed by atoms with E-state index in [4.69, 9.17) is 4.74 Å². The summed E-state index contributed by atoms with van der Waals surface area (Å²) >= 11 is 1.34. The fraction of sp³-hybridized carbons (Fsp3) is 0.333. The third kappa shape index (κ3) is 4.36. The number of carbonyl (C=O) groups excluding carboxylic acids is 2. The third-order valence-corrected chi connectivity index (χ3v) is 3.52. The molecule has 1 aromatic carbocycles. The molecule has 0 unspecified atom stereocenters. The van der Waals surface area contributed by atoms with Gasteiger partial charge in [-0.05, 0) is 18.1 Å². The highest BCUT2D eigenvalue weighted by atomic mass is 32.1. The van der Waals surface area contributed by atoms with Gasteiger partial charge in [0.2, 0.25) is 5.13 Å². The van der Waals surface area contributed by atoms with Crippen LogP contribution in [0.3, 0.4) is 0 Å². The van der Waals surface area contributed by atoms with Gasteiger partial charge in [-0.25, -0.2) is 0 Å². The van der Waals surface area contributed by atoms with Crippen LogP contribution in [-0.2, 0) is 11.2 Å². The summed E-state index contributed by atoms with van der Waals surface area (Å²) in [5.41, 5.74) is 0.276. The monoisotopic (exact) mass is 319 g/mol. The molecular weight excluding hydrogens is 302 g/mol. The quantitative estimate of drug-likeness (QED) is 0.677. The number of nitrogens with zero attached hydrogens (tertiary/aromatic N) is 2. The van der Waals surface area contributed by atoms with E-state index in [1.54, 1.807) is 24.3 Å². The molecule has 0 aliphatic rings. The average Bonchev–Trinajstić information content (AvgIpc) is 2.84. The zero-order chi connectivity index (χ0) is 16.1. The average molecular weight is 319 g/mol. The second-order valence-corrected chi connectivity index (χ2v) is 6.20. The molecule has 116 valence electrons. The number of carbonyl (C=O) groups is 2. The molecule has 0 aliphatic carbocycles. The van der Waals surface area contributed by atoms with Crippen molar-refractivity contribution in [2.75, 3.05) is 5.32 Å². The number of hydrogen-bond donors (Lipinski definition) is 1. The van der Waals surface area contributed by atoms with Crippen molar-refractivity contribution in [1.29, 1.82) is 0 Å². The van der Waals surface area contributed by atoms with Crippen LogP contribution in [0, 0.1) is 5.92 Å². The smallest absolute Gasteiger partial charge is 0.308 e. The van der Waals surface area contributed by atoms with E-state index in [0.29, 0.717) is 11.0 Å². The first-order valence-electron chi connectivity index (χ1n) is 6.87. The summed E-state index contributed by atoms with van der Waals surface area (Å²) < 4.78 is 5.03. The van der Waals surface area contributed by atoms with Crippen LogP contribution < -0.4 is 10.1 Å². The van der Waals surface area contributed by atoms with Crippen molar-refractivity contribution in [1.82, 2.24) is 10.2 Å². The summed E-state index contributed by atoms with van der Waals surface area (Å²) in [6.45, 7) is 5.47. The van der Waals surface area contributed by atoms with Gasteiger partial charge in [-0.2, -0.15) is 0 Å². The first-order valence-corrected chi connectivity index (χ1v) is 7.68. The van der Waals surface area contributed by atoms with Crippen LogP contribution in [0.15, 0.2) is 24.3 Å². The number of aromatic nitrogens is 2. The molecule has 1 amide bonds. The summed E-state index contributed by atoms with van der Waals surface area (Å²) in [6.07, 6.45) is 0.817. The number of nitrogens with one attached hydrogen (secondary N) is 1. The van der Waals surface area contributed by atoms with E-state index in [1.165, 1.54) is 18.3 Å². The van der Waals surface area contributed by atoms with Crippen LogP contribution in [0.2, 0.25) is 0 Å². The summed E-state index contributed by atoms with van der Waals surface area (Å²) in [4.78, 5) is 23.4. The minimum absolute atomic E-state index is 0.222. The first kappa shape index (κ1) is 16.1. The van der Waals surface area contributed by atoms with E-state index in [0.717, 1.165) is 11.4 Å². The number of benzene rings is 1. The molecule has 7 heteroatoms. The van der Waals surface area contributed by atoms with Gasteiger partial charge in [0.25, 0.3) is 5.91 Å². The van der Waals surface area contributed by atoms with E-state index < -0.39 is 5.97 Å². The summed E-state index contributed by atoms with van der Waals surface area (Å²) in [7, 11) is 0. The Morgan fingerprint density at radius 3 is 2.68 bits per heavy atom. The zero-order valence-corrected chi connectivity index (χ0v) is 13.4. The van der Waals surface area contributed by atoms with E-state index in [-0.39, 0.29) is 17.2 Å². The summed E-state index contributed by atoms with van der Waals surface area (Å²) in [5, 5.41) is 12.0. The predicted molar refractivity (Wildman–Crippen MR) is 84.2 cm³/mol. The third-order valence-electron chi connectivity index (χ3n) is 2.66. The molecule has 1 heterocycles. The molecule has 6 nitrogen and oxygen atoms in total. The number of ether oxygens (including phenoxy) is 1. The van der Waals surface area contributed by atoms with Crippen LogP contribution >= 0.6 is 11.3 Å². The maximum Gasteiger partial charge on any atom is 0.308 e. The first-order chi connectivity index (χ1) is 10.5. The van der Waals surface area contributed by atoms with Crippen molar-refractivity contribution in [3.8, 4) is 5.75 Å². The van der Waals surface area contributed by atoms with E-state index in [2.05, 4.69) is 29.4 Å². The Hall–Kier alpha value is -2.28. The van der Waals surface area contributed by atoms with Crippen LogP contribution in [0.25, 0.3) is 0 Å². The molecule has 0 atom stereocenters. The molecule has 1 N–H and O–H groups in total. The van der Waals surface area contributed by atoms with Crippen molar-refractivity contribution in [2.24, 2.45) is 5.92 Å². The van der Waals surface area contributed by atoms with Gasteiger partial charge in [-0.15, -0.1) is 10.2 Å². The van der Waals surface area contributed by atoms with Gasteiger partial charge < -0.3 is 4.74 Å². The molecule has 0 spiro atoms. The molecule has 0 aliphatic heterocycles. The van der Waals surface area contributed by atoms with Crippen LogP contribution in [-0.4, -0.2) is 22.1 Å². The lowest BCUT2D eigenvalue weighted by atomic mass is 10.1. The van der Waals surface area contributed by atoms with Gasteiger partial charge >= 0.3 is 5.97 Å². The van der Waals surface area contributed by atoms with E-state index in [9.17, 15) is 9.59 Å². The summed E-state index contributed by atoms with van der Waals surface area (Å²) in [5.74, 6) is -0.167. The van der Waals surface area contributed by atoms with E-state index in [1.807, 2.05) is 0 Å². The van der Waals surface area contributed by atoms with Crippen molar-refractivity contribution >= 4 is 28.3 Å². The maximum absolute atomic E-state index is 12.3. The zero-order valence-electron chi connectivity index (χ0n) is 12.6. The maximum atomic E-state index is 12.3. The number of amides is 1. The molecule has 2 rings (SSSR count). The molecule has 2 aromatic rings. The molecule has 22 heavy (non-hydrogen) atoms. The number of rotatable bonds is 5. The van der Waals surface area contributed by atoms with Gasteiger partial charge in [0.05, 0.1) is 5.56 Å². The number of para-hydroxylation sites is 1. The number of anilines is 1. The lowest BCUT2D eigenvalue weighted by Gasteiger charge is -2.07. The Bertz CT molecular complexity index is 682. The molecule has 0 saturated carbocycles. The van der Waals surface area contributed by atoms with E-state index >= 15 is 0 Å². The highest BCUT2D eigenvalue weighted by Crippen LogP contribution is 2.22. The molecule has 0 bridgehead atoms. The Morgan fingerprint density at radius 2 is 2.00 bits per heavy atom. The highest BCUT2D eigenvalue weighted by molar-refractivity contribution is 7.15. The minimum Gasteiger partial charge on any atom is -0.426 e. The second-order valence-electron chi connectivity index (χ2n) is 5.14. The van der Waals surface area contributed by atoms with Crippen molar-refractivity contribution in [2.45, 2.75) is 27.2 Å². The van der Waals surface area contributed by atoms with Crippen molar-refractivity contribution < 1.29 is 14.3 Å². The highest BCUT2D eigenvalue weighted by Gasteiger charge is 2.16. The van der Waals surface area contributed by atoms with Gasteiger partial charge in [0.1, 0.15) is 10.8 Å². The van der Waals surface area contributed by atoms with Gasteiger partial charge in [-0.1, -0.05) is 37.3 Å². The largest absolute Gasteiger partial charge is 0.426 e. The molecule has 0 radical (unpaired) electrons. The Kier molecular flexibility index (Phi) is 5.21. The minimum atomic E-state index is -0.476. The number of esters is 1. The van der Waals surface area contributed by atoms with Gasteiger partial charge in [-0.3, -0.25) is 14.9 Å². The molecule has 0 fully saturated rings. The second kappa shape index (κ2) is 7.13. The Balaban J connectivity index is 2.12. The molecule has 0 saturated heterocycles. The number of hydrogen-bond acceptors (Lipinski definition) is 6. The van der Waals surface area contributed by atoms with Crippen molar-refractivity contribution in [3.05, 3.63) is 34.8 Å². The summed E-state index contributed by atoms with van der Waals surface area (Å²) in [6, 6.07) is 6.55. The molecule has 1 aromatic heterocycles. The lowest BCUT2D eigenvalue weighted by Crippen LogP contribution is -2.14. The SMILES string of the molecule is CC(=O)Oc1ccccc1C(=O)Nc1nnc(CC(C)C)s1. The van der Waals surface area contributed by atoms with Crippen LogP contribution in [0.1, 0.15) is 36.1 Å².